The van der Waals surface area contributed by atoms with Crippen LogP contribution in [-0.2, 0) is 12.4 Å². The Balaban J connectivity index is 2.54. The molecule has 19 heavy (non-hydrogen) atoms. The van der Waals surface area contributed by atoms with Crippen molar-refractivity contribution in [2.75, 3.05) is 0 Å². The van der Waals surface area contributed by atoms with Crippen molar-refractivity contribution in [2.45, 2.75) is 32.2 Å². The van der Waals surface area contributed by atoms with Crippen LogP contribution in [0.15, 0.2) is 47.3 Å². The topological polar surface area (TPSA) is 22.0 Å². The zero-order chi connectivity index (χ0) is 13.7. The second-order valence-electron chi connectivity index (χ2n) is 4.55. The molecular weight excluding hydrogens is 258 g/mol. The van der Waals surface area contributed by atoms with E-state index < -0.39 is 0 Å². The number of aromatic nitrogens is 1. The lowest BCUT2D eigenvalue weighted by molar-refractivity contribution is 0.615. The summed E-state index contributed by atoms with van der Waals surface area (Å²) in [5, 5.41) is 0. The molecule has 0 N–H and O–H groups in total. The number of hydrogen-bond donors (Lipinski definition) is 0. The largest absolute Gasteiger partial charge is 0.308 e. The maximum Gasteiger partial charge on any atom is 0.255 e. The fraction of sp³-hybridized carbons (Fsp3) is 0.312. The summed E-state index contributed by atoms with van der Waals surface area (Å²) in [6.45, 7) is 2.86. The molecule has 0 bridgehead atoms. The van der Waals surface area contributed by atoms with Crippen LogP contribution in [0.1, 0.15) is 25.3 Å². The van der Waals surface area contributed by atoms with Crippen molar-refractivity contribution in [1.29, 1.82) is 0 Å². The second kappa shape index (κ2) is 6.58. The highest BCUT2D eigenvalue weighted by molar-refractivity contribution is 6.17. The van der Waals surface area contributed by atoms with Crippen LogP contribution in [0.5, 0.6) is 0 Å². The molecule has 1 aromatic heterocycles. The van der Waals surface area contributed by atoms with Crippen molar-refractivity contribution in [3.63, 3.8) is 0 Å². The van der Waals surface area contributed by atoms with Crippen molar-refractivity contribution in [3.8, 4) is 11.3 Å². The zero-order valence-electron chi connectivity index (χ0n) is 11.1. The molecule has 0 aliphatic rings. The summed E-state index contributed by atoms with van der Waals surface area (Å²) in [7, 11) is 0. The number of alkyl halides is 1. The minimum atomic E-state index is 0.0322. The molecule has 1 heterocycles. The standard InChI is InChI=1S/C16H18ClNO/c1-2-3-11-18-15(13-7-5-4-6-8-13)10-9-14(12-17)16(18)19/h4-10H,2-3,11-12H2,1H3. The first-order valence-electron chi connectivity index (χ1n) is 6.62. The van der Waals surface area contributed by atoms with Gasteiger partial charge in [-0.1, -0.05) is 49.7 Å². The number of hydrogen-bond acceptors (Lipinski definition) is 1. The van der Waals surface area contributed by atoms with Crippen molar-refractivity contribution >= 4 is 11.6 Å². The van der Waals surface area contributed by atoms with Crippen molar-refractivity contribution < 1.29 is 0 Å². The van der Waals surface area contributed by atoms with E-state index in [1.54, 1.807) is 0 Å². The molecule has 0 amide bonds. The van der Waals surface area contributed by atoms with Crippen LogP contribution in [0.25, 0.3) is 11.3 Å². The van der Waals surface area contributed by atoms with Crippen molar-refractivity contribution in [1.82, 2.24) is 4.57 Å². The molecule has 2 aromatic rings. The van der Waals surface area contributed by atoms with Gasteiger partial charge in [-0.2, -0.15) is 0 Å². The quantitative estimate of drug-likeness (QED) is 0.755. The molecule has 2 rings (SSSR count). The van der Waals surface area contributed by atoms with Gasteiger partial charge in [0.1, 0.15) is 0 Å². The van der Waals surface area contributed by atoms with Crippen LogP contribution >= 0.6 is 11.6 Å². The highest BCUT2D eigenvalue weighted by Crippen LogP contribution is 2.18. The van der Waals surface area contributed by atoms with Gasteiger partial charge in [-0.05, 0) is 18.1 Å². The van der Waals surface area contributed by atoms with Crippen molar-refractivity contribution in [3.05, 3.63) is 58.4 Å². The molecule has 1 aromatic carbocycles. The average molecular weight is 276 g/mol. The average Bonchev–Trinajstić information content (AvgIpc) is 2.46. The third-order valence-corrected chi connectivity index (χ3v) is 3.49. The highest BCUT2D eigenvalue weighted by atomic mass is 35.5. The fourth-order valence-electron chi connectivity index (χ4n) is 2.12. The Kier molecular flexibility index (Phi) is 4.80. The lowest BCUT2D eigenvalue weighted by Gasteiger charge is -2.14. The highest BCUT2D eigenvalue weighted by Gasteiger charge is 2.09. The van der Waals surface area contributed by atoms with Gasteiger partial charge in [-0.25, -0.2) is 0 Å². The first kappa shape index (κ1) is 13.9. The summed E-state index contributed by atoms with van der Waals surface area (Å²) >= 11 is 5.82. The van der Waals surface area contributed by atoms with Gasteiger partial charge < -0.3 is 4.57 Å². The fourth-order valence-corrected chi connectivity index (χ4v) is 2.33. The monoisotopic (exact) mass is 275 g/mol. The normalized spacial score (nSPS) is 10.6. The van der Waals surface area contributed by atoms with Crippen molar-refractivity contribution in [2.24, 2.45) is 0 Å². The Morgan fingerprint density at radius 1 is 1.11 bits per heavy atom. The number of unbranched alkanes of at least 4 members (excludes halogenated alkanes) is 1. The molecule has 0 unspecified atom stereocenters. The zero-order valence-corrected chi connectivity index (χ0v) is 11.9. The predicted octanol–water partition coefficient (Wildman–Crippen LogP) is 4.05. The Bertz CT molecular complexity index is 589. The number of rotatable bonds is 5. The van der Waals surface area contributed by atoms with Crippen LogP contribution in [0.4, 0.5) is 0 Å². The Morgan fingerprint density at radius 2 is 1.84 bits per heavy atom. The van der Waals surface area contributed by atoms with E-state index >= 15 is 0 Å². The number of benzene rings is 1. The first-order valence-corrected chi connectivity index (χ1v) is 7.15. The number of pyridine rings is 1. The molecule has 0 saturated carbocycles. The summed E-state index contributed by atoms with van der Waals surface area (Å²) < 4.78 is 1.84. The van der Waals surface area contributed by atoms with Gasteiger partial charge in [0.25, 0.3) is 5.56 Å². The van der Waals surface area contributed by atoms with E-state index in [1.807, 2.05) is 47.0 Å². The predicted molar refractivity (Wildman–Crippen MR) is 80.6 cm³/mol. The van der Waals surface area contributed by atoms with Gasteiger partial charge in [-0.3, -0.25) is 4.79 Å². The lowest BCUT2D eigenvalue weighted by Crippen LogP contribution is -2.24. The third-order valence-electron chi connectivity index (χ3n) is 3.20. The molecule has 0 fully saturated rings. The van der Waals surface area contributed by atoms with Gasteiger partial charge in [0.15, 0.2) is 0 Å². The molecule has 0 aliphatic carbocycles. The molecule has 100 valence electrons. The van der Waals surface area contributed by atoms with Crippen LogP contribution in [0.3, 0.4) is 0 Å². The molecule has 3 heteroatoms. The van der Waals surface area contributed by atoms with E-state index in [-0.39, 0.29) is 11.4 Å². The minimum absolute atomic E-state index is 0.0322. The van der Waals surface area contributed by atoms with E-state index in [0.29, 0.717) is 5.56 Å². The number of nitrogens with zero attached hydrogens (tertiary/aromatic N) is 1. The Morgan fingerprint density at radius 3 is 2.47 bits per heavy atom. The van der Waals surface area contributed by atoms with Gasteiger partial charge in [0.05, 0.1) is 11.6 Å². The smallest absolute Gasteiger partial charge is 0.255 e. The summed E-state index contributed by atoms with van der Waals surface area (Å²) in [6.07, 6.45) is 2.05. The summed E-state index contributed by atoms with van der Waals surface area (Å²) in [6, 6.07) is 13.8. The lowest BCUT2D eigenvalue weighted by atomic mass is 10.1. The van der Waals surface area contributed by atoms with Crippen LogP contribution in [0.2, 0.25) is 0 Å². The maximum absolute atomic E-state index is 12.4. The minimum Gasteiger partial charge on any atom is -0.308 e. The van der Waals surface area contributed by atoms with Crippen LogP contribution in [-0.4, -0.2) is 4.57 Å². The third kappa shape index (κ3) is 3.07. The van der Waals surface area contributed by atoms with Gasteiger partial charge in [-0.15, -0.1) is 11.6 Å². The number of halogens is 1. The van der Waals surface area contributed by atoms with E-state index in [0.717, 1.165) is 30.6 Å². The maximum atomic E-state index is 12.4. The van der Waals surface area contributed by atoms with Gasteiger partial charge in [0, 0.05) is 12.1 Å². The van der Waals surface area contributed by atoms with Gasteiger partial charge in [0.2, 0.25) is 0 Å². The first-order chi connectivity index (χ1) is 9.27. The summed E-state index contributed by atoms with van der Waals surface area (Å²) in [4.78, 5) is 12.4. The van der Waals surface area contributed by atoms with E-state index in [1.165, 1.54) is 0 Å². The summed E-state index contributed by atoms with van der Waals surface area (Å²) in [5.41, 5.74) is 2.73. The van der Waals surface area contributed by atoms with E-state index in [9.17, 15) is 4.79 Å². The molecule has 0 aliphatic heterocycles. The Labute approximate surface area is 118 Å². The second-order valence-corrected chi connectivity index (χ2v) is 4.82. The van der Waals surface area contributed by atoms with E-state index in [4.69, 9.17) is 11.6 Å². The molecule has 2 nitrogen and oxygen atoms in total. The van der Waals surface area contributed by atoms with E-state index in [2.05, 4.69) is 6.92 Å². The molecule has 0 atom stereocenters. The molecule has 0 spiro atoms. The molecule has 0 saturated heterocycles. The molecular formula is C16H18ClNO. The Hall–Kier alpha value is -1.54. The summed E-state index contributed by atoms with van der Waals surface area (Å²) in [5.74, 6) is 0.264. The van der Waals surface area contributed by atoms with Gasteiger partial charge >= 0.3 is 0 Å². The van der Waals surface area contributed by atoms with Crippen LogP contribution < -0.4 is 5.56 Å². The SMILES string of the molecule is CCCCn1c(-c2ccccc2)ccc(CCl)c1=O. The molecule has 0 radical (unpaired) electrons. The van der Waals surface area contributed by atoms with Crippen LogP contribution in [0, 0.1) is 0 Å².